The molecule has 0 spiro atoms. The molecule has 4 aromatic rings. The Morgan fingerprint density at radius 2 is 1.02 bits per heavy atom. The number of Topliss-reactive ketones (excluding diaryl/α,β-unsaturated/α-hetero) is 1. The molecule has 0 heterocycles. The second-order valence-electron chi connectivity index (χ2n) is 16.6. The zero-order valence-corrected chi connectivity index (χ0v) is 39.6. The summed E-state index contributed by atoms with van der Waals surface area (Å²) in [6, 6.07) is 20.8. The number of phenols is 2. The SMILES string of the molecule is CCC(=O)Cc1cc(C)cc2cc(O)c(O)cc12.CCCCCCCCC(=Nc1ccc(CCCC)c(CCCC)c1)C(C)=Nc1ccc(CCCC)c(CCCC)c1.[Ni]. The van der Waals surface area contributed by atoms with Crippen LogP contribution in [-0.2, 0) is 53.4 Å². The van der Waals surface area contributed by atoms with E-state index in [4.69, 9.17) is 9.98 Å². The molecule has 0 fully saturated rings. The Bertz CT molecular complexity index is 1950. The number of carbonyl (C=O) groups is 1. The van der Waals surface area contributed by atoms with Gasteiger partial charge < -0.3 is 10.2 Å². The van der Waals surface area contributed by atoms with Gasteiger partial charge >= 0.3 is 0 Å². The standard InChI is InChI=1S/C39H62N2.C15H16O3.Ni/c1-7-12-17-18-19-20-25-39(41-38-29-27-34(22-14-9-3)36(31-38)24-16-11-5)32(6)40-37-28-26-33(21-13-8-2)35(30-37)23-15-10-4;1-3-12(16)6-10-4-9(2)5-11-7-14(17)15(18)8-13(10)11;/h26-31H,7-25H2,1-6H3;4-5,7-8,17-18H,3,6H2,1-2H3;. The Hall–Kier alpha value is -3.76. The number of aryl methyl sites for hydroxylation is 5. The van der Waals surface area contributed by atoms with Gasteiger partial charge in [0.25, 0.3) is 0 Å². The summed E-state index contributed by atoms with van der Waals surface area (Å²) in [7, 11) is 0. The second kappa shape index (κ2) is 29.5. The predicted molar refractivity (Wildman–Crippen MR) is 256 cm³/mol. The molecule has 0 radical (unpaired) electrons. The average molecular weight is 862 g/mol. The van der Waals surface area contributed by atoms with Crippen LogP contribution >= 0.6 is 0 Å². The quantitative estimate of drug-likeness (QED) is 0.0301. The number of ketones is 1. The molecule has 0 aliphatic carbocycles. The van der Waals surface area contributed by atoms with Gasteiger partial charge in [-0.1, -0.05) is 129 Å². The van der Waals surface area contributed by atoms with Gasteiger partial charge in [-0.3, -0.25) is 14.8 Å². The summed E-state index contributed by atoms with van der Waals surface area (Å²) in [6.07, 6.45) is 24.2. The average Bonchev–Trinajstić information content (AvgIpc) is 3.22. The number of fused-ring (bicyclic) bond motifs is 1. The summed E-state index contributed by atoms with van der Waals surface area (Å²) in [5.74, 6) is -0.133. The molecule has 0 bridgehead atoms. The molecule has 0 atom stereocenters. The van der Waals surface area contributed by atoms with Crippen LogP contribution in [0.1, 0.15) is 185 Å². The van der Waals surface area contributed by atoms with E-state index in [2.05, 4.69) is 77.9 Å². The number of aliphatic imine (C=N–C) groups is 2. The fourth-order valence-electron chi connectivity index (χ4n) is 7.70. The van der Waals surface area contributed by atoms with Gasteiger partial charge in [-0.2, -0.15) is 0 Å². The summed E-state index contributed by atoms with van der Waals surface area (Å²) in [4.78, 5) is 22.1. The summed E-state index contributed by atoms with van der Waals surface area (Å²) in [5, 5.41) is 20.7. The third-order valence-electron chi connectivity index (χ3n) is 11.4. The molecule has 0 saturated carbocycles. The van der Waals surface area contributed by atoms with Gasteiger partial charge in [0.05, 0.1) is 22.8 Å². The van der Waals surface area contributed by atoms with Crippen molar-refractivity contribution < 1.29 is 31.5 Å². The third-order valence-corrected chi connectivity index (χ3v) is 11.4. The van der Waals surface area contributed by atoms with Gasteiger partial charge in [-0.15, -0.1) is 0 Å². The molecule has 4 aromatic carbocycles. The van der Waals surface area contributed by atoms with Gasteiger partial charge in [0.15, 0.2) is 11.5 Å². The zero-order chi connectivity index (χ0) is 43.0. The minimum atomic E-state index is -0.156. The van der Waals surface area contributed by atoms with E-state index in [0.29, 0.717) is 12.8 Å². The largest absolute Gasteiger partial charge is 0.504 e. The molecule has 4 rings (SSSR count). The number of rotatable bonds is 25. The van der Waals surface area contributed by atoms with E-state index >= 15 is 0 Å². The first-order valence-electron chi connectivity index (χ1n) is 23.4. The van der Waals surface area contributed by atoms with E-state index in [-0.39, 0.29) is 33.8 Å². The molecule has 0 aliphatic heterocycles. The minimum absolute atomic E-state index is 0. The predicted octanol–water partition coefficient (Wildman–Crippen LogP) is 15.8. The van der Waals surface area contributed by atoms with Crippen molar-refractivity contribution in [1.82, 2.24) is 0 Å². The minimum Gasteiger partial charge on any atom is -0.504 e. The van der Waals surface area contributed by atoms with Crippen molar-refractivity contribution in [1.29, 1.82) is 0 Å². The normalized spacial score (nSPS) is 11.7. The molecule has 0 aromatic heterocycles. The van der Waals surface area contributed by atoms with E-state index in [0.717, 1.165) is 64.0 Å². The first-order chi connectivity index (χ1) is 28.6. The van der Waals surface area contributed by atoms with E-state index in [1.807, 2.05) is 26.0 Å². The molecule has 60 heavy (non-hydrogen) atoms. The summed E-state index contributed by atoms with van der Waals surface area (Å²) in [6.45, 7) is 17.4. The van der Waals surface area contributed by atoms with Gasteiger partial charge in [0.1, 0.15) is 5.78 Å². The van der Waals surface area contributed by atoms with Crippen molar-refractivity contribution in [2.45, 2.75) is 190 Å². The van der Waals surface area contributed by atoms with Gasteiger partial charge in [-0.25, -0.2) is 0 Å². The molecule has 0 amide bonds. The van der Waals surface area contributed by atoms with Crippen LogP contribution < -0.4 is 0 Å². The van der Waals surface area contributed by atoms with E-state index in [1.165, 1.54) is 137 Å². The maximum absolute atomic E-state index is 11.6. The fourth-order valence-corrected chi connectivity index (χ4v) is 7.70. The molecule has 5 nitrogen and oxygen atoms in total. The van der Waals surface area contributed by atoms with Crippen molar-refractivity contribution in [3.8, 4) is 11.5 Å². The molecule has 6 heteroatoms. The Labute approximate surface area is 374 Å². The van der Waals surface area contributed by atoms with Crippen molar-refractivity contribution in [2.75, 3.05) is 0 Å². The monoisotopic (exact) mass is 861 g/mol. The number of aromatic hydroxyl groups is 2. The van der Waals surface area contributed by atoms with Crippen LogP contribution in [0.15, 0.2) is 70.6 Å². The number of unbranched alkanes of at least 4 members (excludes halogenated alkanes) is 9. The number of hydrogen-bond donors (Lipinski definition) is 2. The van der Waals surface area contributed by atoms with Gasteiger partial charge in [0, 0.05) is 29.3 Å². The third kappa shape index (κ3) is 18.1. The van der Waals surface area contributed by atoms with Crippen LogP contribution in [0.4, 0.5) is 11.4 Å². The smallest absolute Gasteiger partial charge is 0.158 e. The Morgan fingerprint density at radius 3 is 1.55 bits per heavy atom. The topological polar surface area (TPSA) is 82.2 Å². The number of carbonyl (C=O) groups excluding carboxylic acids is 1. The van der Waals surface area contributed by atoms with Gasteiger partial charge in [-0.05, 0) is 153 Å². The van der Waals surface area contributed by atoms with Gasteiger partial charge in [0.2, 0.25) is 0 Å². The number of hydrogen-bond acceptors (Lipinski definition) is 5. The Kier molecular flexibility index (Phi) is 25.7. The molecule has 0 saturated heterocycles. The first-order valence-corrected chi connectivity index (χ1v) is 23.4. The van der Waals surface area contributed by atoms with Crippen molar-refractivity contribution >= 4 is 39.4 Å². The number of phenolic OH excluding ortho intramolecular Hbond substituents is 2. The van der Waals surface area contributed by atoms with Crippen LogP contribution in [0, 0.1) is 6.92 Å². The Morgan fingerprint density at radius 1 is 0.533 bits per heavy atom. The summed E-state index contributed by atoms with van der Waals surface area (Å²) >= 11 is 0. The van der Waals surface area contributed by atoms with Crippen molar-refractivity contribution in [3.63, 3.8) is 0 Å². The summed E-state index contributed by atoms with van der Waals surface area (Å²) < 4.78 is 0. The van der Waals surface area contributed by atoms with E-state index in [1.54, 1.807) is 0 Å². The second-order valence-corrected chi connectivity index (χ2v) is 16.6. The maximum Gasteiger partial charge on any atom is 0.158 e. The first kappa shape index (κ1) is 52.4. The fraction of sp³-hybridized carbons (Fsp3) is 0.537. The van der Waals surface area contributed by atoms with Crippen LogP contribution in [0.3, 0.4) is 0 Å². The van der Waals surface area contributed by atoms with E-state index in [9.17, 15) is 15.0 Å². The van der Waals surface area contributed by atoms with Crippen molar-refractivity contribution in [2.24, 2.45) is 9.98 Å². The molecule has 0 aliphatic rings. The summed E-state index contributed by atoms with van der Waals surface area (Å²) in [5.41, 5.74) is 12.4. The molecule has 332 valence electrons. The molecular weight excluding hydrogens is 783 g/mol. The molecule has 2 N–H and O–H groups in total. The van der Waals surface area contributed by atoms with E-state index < -0.39 is 0 Å². The molecule has 0 unspecified atom stereocenters. The maximum atomic E-state index is 11.6. The van der Waals surface area contributed by atoms with Crippen LogP contribution in [0.2, 0.25) is 0 Å². The van der Waals surface area contributed by atoms with Crippen LogP contribution in [0.25, 0.3) is 10.8 Å². The number of benzene rings is 4. The molecular formula is C54H78N2NiO3. The number of nitrogens with zero attached hydrogens (tertiary/aromatic N) is 2. The van der Waals surface area contributed by atoms with Crippen LogP contribution in [0.5, 0.6) is 11.5 Å². The van der Waals surface area contributed by atoms with Crippen LogP contribution in [-0.4, -0.2) is 27.4 Å². The van der Waals surface area contributed by atoms with Crippen molar-refractivity contribution in [3.05, 3.63) is 94.0 Å². The Balaban J connectivity index is 0.000000541. The zero-order valence-electron chi connectivity index (χ0n) is 38.6.